The molecule has 0 amide bonds. The Labute approximate surface area is 216 Å². The van der Waals surface area contributed by atoms with E-state index in [4.69, 9.17) is 21.3 Å². The molecule has 3 aromatic rings. The highest BCUT2D eigenvalue weighted by Gasteiger charge is 2.35. The Hall–Kier alpha value is -3.18. The van der Waals surface area contributed by atoms with Crippen LogP contribution >= 0.6 is 11.6 Å². The second-order valence-electron chi connectivity index (χ2n) is 10.1. The van der Waals surface area contributed by atoms with E-state index in [-0.39, 0.29) is 18.1 Å². The van der Waals surface area contributed by atoms with Gasteiger partial charge in [0, 0.05) is 28.7 Å². The number of aromatic nitrogens is 2. The van der Waals surface area contributed by atoms with Crippen molar-refractivity contribution in [2.45, 2.75) is 44.1 Å². The second-order valence-corrected chi connectivity index (χ2v) is 10.5. The van der Waals surface area contributed by atoms with Gasteiger partial charge in [-0.3, -0.25) is 0 Å². The number of halogens is 1. The van der Waals surface area contributed by atoms with Crippen LogP contribution < -0.4 is 10.1 Å². The number of aliphatic hydroxyl groups excluding tert-OH is 1. The molecular formula is C28H30ClN5O2. The average Bonchev–Trinajstić information content (AvgIpc) is 3.22. The molecular weight excluding hydrogens is 474 g/mol. The number of nitrogens with zero attached hydrogens (tertiary/aromatic N) is 4. The van der Waals surface area contributed by atoms with Gasteiger partial charge in [-0.2, -0.15) is 5.26 Å². The fourth-order valence-corrected chi connectivity index (χ4v) is 5.40. The lowest BCUT2D eigenvalue weighted by Gasteiger charge is -2.30. The van der Waals surface area contributed by atoms with E-state index >= 15 is 0 Å². The molecule has 36 heavy (non-hydrogen) atoms. The summed E-state index contributed by atoms with van der Waals surface area (Å²) in [5.74, 6) is 1.11. The first-order valence-electron chi connectivity index (χ1n) is 12.3. The maximum atomic E-state index is 10.0. The van der Waals surface area contributed by atoms with Crippen LogP contribution in [-0.4, -0.2) is 52.8 Å². The standard InChI is InChI=1S/C28H30ClN5O2/c1-28(17-35)9-7-22-19(15-30)12-18(13-23(22)28)24-8-10-31-27(32-24)33-25-14-20(29)5-6-26(25)36-21-4-3-11-34(2)16-21/h5-6,8,10,12-14,21,35H,3-4,7,9,11,16-17H2,1-2H3,(H,31,32,33). The SMILES string of the molecule is CN1CCCC(Oc2ccc(Cl)cc2Nc2nccc(-c3cc(C#N)c4c(c3)C(C)(CO)CC4)n2)C1. The van der Waals surface area contributed by atoms with Crippen LogP contribution in [0, 0.1) is 11.3 Å². The number of ether oxygens (including phenoxy) is 1. The first-order valence-corrected chi connectivity index (χ1v) is 12.7. The molecule has 1 aromatic heterocycles. The normalized spacial score (nSPS) is 21.6. The molecule has 2 N–H and O–H groups in total. The lowest BCUT2D eigenvalue weighted by Crippen LogP contribution is -2.38. The molecule has 5 rings (SSSR count). The van der Waals surface area contributed by atoms with Crippen molar-refractivity contribution in [2.75, 3.05) is 32.1 Å². The predicted octanol–water partition coefficient (Wildman–Crippen LogP) is 5.08. The van der Waals surface area contributed by atoms with Gasteiger partial charge in [0.2, 0.25) is 5.95 Å². The van der Waals surface area contributed by atoms with Crippen LogP contribution in [0.15, 0.2) is 42.6 Å². The lowest BCUT2D eigenvalue weighted by atomic mass is 9.83. The van der Waals surface area contributed by atoms with Gasteiger partial charge in [0.1, 0.15) is 11.9 Å². The third kappa shape index (κ3) is 4.90. The van der Waals surface area contributed by atoms with E-state index in [0.717, 1.165) is 55.5 Å². The lowest BCUT2D eigenvalue weighted by molar-refractivity contribution is 0.105. The Kier molecular flexibility index (Phi) is 6.85. The van der Waals surface area contributed by atoms with E-state index in [1.54, 1.807) is 6.20 Å². The van der Waals surface area contributed by atoms with E-state index in [2.05, 4.69) is 34.4 Å². The molecule has 2 heterocycles. The summed E-state index contributed by atoms with van der Waals surface area (Å²) < 4.78 is 6.34. The van der Waals surface area contributed by atoms with Gasteiger partial charge in [-0.25, -0.2) is 9.97 Å². The van der Waals surface area contributed by atoms with Crippen LogP contribution in [0.5, 0.6) is 5.75 Å². The number of fused-ring (bicyclic) bond motifs is 1. The first kappa shape index (κ1) is 24.5. The van der Waals surface area contributed by atoms with Crippen LogP contribution in [0.2, 0.25) is 5.02 Å². The summed E-state index contributed by atoms with van der Waals surface area (Å²) in [4.78, 5) is 11.4. The summed E-state index contributed by atoms with van der Waals surface area (Å²) in [7, 11) is 2.11. The van der Waals surface area contributed by atoms with E-state index in [1.807, 2.05) is 37.3 Å². The van der Waals surface area contributed by atoms with Crippen LogP contribution in [0.1, 0.15) is 42.9 Å². The number of aliphatic hydroxyl groups is 1. The molecule has 0 bridgehead atoms. The smallest absolute Gasteiger partial charge is 0.227 e. The second kappa shape index (κ2) is 10.1. The number of likely N-dealkylation sites (N-methyl/N-ethyl adjacent to an activating group) is 1. The third-order valence-electron chi connectivity index (χ3n) is 7.31. The van der Waals surface area contributed by atoms with Crippen molar-refractivity contribution in [1.29, 1.82) is 5.26 Å². The quantitative estimate of drug-likeness (QED) is 0.484. The Morgan fingerprint density at radius 2 is 2.17 bits per heavy atom. The topological polar surface area (TPSA) is 94.3 Å². The number of rotatable bonds is 6. The van der Waals surface area contributed by atoms with Crippen molar-refractivity contribution in [3.8, 4) is 23.1 Å². The van der Waals surface area contributed by atoms with Gasteiger partial charge in [0.15, 0.2) is 0 Å². The minimum atomic E-state index is -0.356. The van der Waals surface area contributed by atoms with Gasteiger partial charge >= 0.3 is 0 Å². The van der Waals surface area contributed by atoms with Crippen LogP contribution in [-0.2, 0) is 11.8 Å². The van der Waals surface area contributed by atoms with Gasteiger partial charge in [0.25, 0.3) is 0 Å². The zero-order chi connectivity index (χ0) is 25.3. The summed E-state index contributed by atoms with van der Waals surface area (Å²) in [5, 5.41) is 23.7. The molecule has 7 nitrogen and oxygen atoms in total. The van der Waals surface area contributed by atoms with E-state index in [0.29, 0.717) is 33.7 Å². The summed E-state index contributed by atoms with van der Waals surface area (Å²) in [5.41, 5.74) is 4.55. The van der Waals surface area contributed by atoms with Crippen molar-refractivity contribution in [1.82, 2.24) is 14.9 Å². The number of hydrogen-bond donors (Lipinski definition) is 2. The highest BCUT2D eigenvalue weighted by atomic mass is 35.5. The summed E-state index contributed by atoms with van der Waals surface area (Å²) in [6.45, 7) is 4.04. The van der Waals surface area contributed by atoms with Crippen LogP contribution in [0.3, 0.4) is 0 Å². The fraction of sp³-hybridized carbons (Fsp3) is 0.393. The Balaban J connectivity index is 1.45. The minimum Gasteiger partial charge on any atom is -0.487 e. The molecule has 2 aliphatic rings. The molecule has 2 atom stereocenters. The molecule has 0 radical (unpaired) electrons. The van der Waals surface area contributed by atoms with Gasteiger partial charge in [0.05, 0.1) is 29.6 Å². The molecule has 0 saturated carbocycles. The summed E-state index contributed by atoms with van der Waals surface area (Å²) in [6.07, 6.45) is 5.52. The zero-order valence-corrected chi connectivity index (χ0v) is 21.3. The molecule has 8 heteroatoms. The molecule has 1 aliphatic carbocycles. The molecule has 1 saturated heterocycles. The molecule has 2 unspecified atom stereocenters. The van der Waals surface area contributed by atoms with E-state index in [1.165, 1.54) is 0 Å². The average molecular weight is 504 g/mol. The molecule has 0 spiro atoms. The van der Waals surface area contributed by atoms with Gasteiger partial charge in [-0.15, -0.1) is 0 Å². The van der Waals surface area contributed by atoms with Gasteiger partial charge in [-0.1, -0.05) is 18.5 Å². The molecule has 1 aliphatic heterocycles. The van der Waals surface area contributed by atoms with Crippen LogP contribution in [0.4, 0.5) is 11.6 Å². The van der Waals surface area contributed by atoms with Crippen molar-refractivity contribution < 1.29 is 9.84 Å². The fourth-order valence-electron chi connectivity index (χ4n) is 5.22. The molecule has 1 fully saturated rings. The summed E-state index contributed by atoms with van der Waals surface area (Å²) in [6, 6.07) is 13.6. The Morgan fingerprint density at radius 1 is 1.31 bits per heavy atom. The number of nitrogens with one attached hydrogen (secondary N) is 1. The number of anilines is 2. The zero-order valence-electron chi connectivity index (χ0n) is 20.6. The number of piperidine rings is 1. The molecule has 2 aromatic carbocycles. The Morgan fingerprint density at radius 3 is 2.94 bits per heavy atom. The largest absolute Gasteiger partial charge is 0.487 e. The maximum absolute atomic E-state index is 10.0. The predicted molar refractivity (Wildman–Crippen MR) is 141 cm³/mol. The number of likely N-dealkylation sites (tertiary alicyclic amines) is 1. The van der Waals surface area contributed by atoms with Crippen molar-refractivity contribution in [3.05, 3.63) is 64.3 Å². The number of hydrogen-bond acceptors (Lipinski definition) is 7. The summed E-state index contributed by atoms with van der Waals surface area (Å²) >= 11 is 6.31. The van der Waals surface area contributed by atoms with E-state index < -0.39 is 0 Å². The van der Waals surface area contributed by atoms with Crippen LogP contribution in [0.25, 0.3) is 11.3 Å². The number of benzene rings is 2. The van der Waals surface area contributed by atoms with Crippen molar-refractivity contribution in [3.63, 3.8) is 0 Å². The van der Waals surface area contributed by atoms with E-state index in [9.17, 15) is 10.4 Å². The Bertz CT molecular complexity index is 1320. The minimum absolute atomic E-state index is 0.0409. The molecule has 186 valence electrons. The first-order chi connectivity index (χ1) is 17.4. The van der Waals surface area contributed by atoms with Crippen molar-refractivity contribution in [2.24, 2.45) is 0 Å². The third-order valence-corrected chi connectivity index (χ3v) is 7.55. The highest BCUT2D eigenvalue weighted by molar-refractivity contribution is 6.31. The van der Waals surface area contributed by atoms with Gasteiger partial charge in [-0.05, 0) is 86.8 Å². The van der Waals surface area contributed by atoms with Gasteiger partial charge < -0.3 is 20.1 Å². The monoisotopic (exact) mass is 503 g/mol. The maximum Gasteiger partial charge on any atom is 0.227 e. The number of nitriles is 1. The highest BCUT2D eigenvalue weighted by Crippen LogP contribution is 2.42. The van der Waals surface area contributed by atoms with Crippen molar-refractivity contribution >= 4 is 23.2 Å².